The molecule has 4 aromatic rings. The largest absolute Gasteiger partial charge is 0.415 e. The molecule has 0 radical (unpaired) electrons. The number of benzene rings is 3. The number of carbonyl (C=O) groups excluding carboxylic acids is 1. The minimum atomic E-state index is -0.994. The van der Waals surface area contributed by atoms with Gasteiger partial charge in [-0.2, -0.15) is 5.10 Å². The highest BCUT2D eigenvalue weighted by Crippen LogP contribution is 2.34. The molecule has 8 nitrogen and oxygen atoms in total. The van der Waals surface area contributed by atoms with Gasteiger partial charge in [0.2, 0.25) is 0 Å². The van der Waals surface area contributed by atoms with Crippen LogP contribution in [0.5, 0.6) is 0 Å². The Bertz CT molecular complexity index is 1570. The van der Waals surface area contributed by atoms with Gasteiger partial charge >= 0.3 is 0 Å². The summed E-state index contributed by atoms with van der Waals surface area (Å²) >= 11 is 0. The van der Waals surface area contributed by atoms with Crippen LogP contribution in [0.25, 0.3) is 5.69 Å². The van der Waals surface area contributed by atoms with E-state index in [-0.39, 0.29) is 18.6 Å². The van der Waals surface area contributed by atoms with Gasteiger partial charge in [-0.1, -0.05) is 81.3 Å². The Morgan fingerprint density at radius 3 is 2.39 bits per heavy atom. The third kappa shape index (κ3) is 7.96. The second-order valence-corrected chi connectivity index (χ2v) is 13.7. The van der Waals surface area contributed by atoms with Crippen LogP contribution in [0.2, 0.25) is 0 Å². The van der Waals surface area contributed by atoms with Crippen LogP contribution in [0, 0.1) is 6.92 Å². The second-order valence-electron chi connectivity index (χ2n) is 12.4. The maximum atomic E-state index is 13.7. The predicted octanol–water partition coefficient (Wildman–Crippen LogP) is 5.33. The van der Waals surface area contributed by atoms with E-state index in [9.17, 15) is 15.0 Å². The zero-order valence-corrected chi connectivity index (χ0v) is 28.9. The lowest BCUT2D eigenvalue weighted by molar-refractivity contribution is -0.0529. The summed E-state index contributed by atoms with van der Waals surface area (Å²) in [6.45, 7) is 8.13. The Labute approximate surface area is 276 Å². The molecule has 9 heteroatoms. The fourth-order valence-corrected chi connectivity index (χ4v) is 7.56. The molecule has 1 aliphatic rings. The molecule has 244 valence electrons. The first-order chi connectivity index (χ1) is 22.4. The molecule has 2 heterocycles. The number of aromatic nitrogens is 2. The average molecular weight is 640 g/mol. The number of anilines is 1. The van der Waals surface area contributed by atoms with E-state index < -0.39 is 15.9 Å². The number of aliphatic hydroxyl groups excluding tert-OH is 2. The van der Waals surface area contributed by atoms with Crippen molar-refractivity contribution in [3.63, 3.8) is 0 Å². The van der Waals surface area contributed by atoms with Crippen molar-refractivity contribution in [2.75, 3.05) is 24.7 Å². The molecule has 0 saturated heterocycles. The summed E-state index contributed by atoms with van der Waals surface area (Å²) < 4.78 is 1.79. The van der Waals surface area contributed by atoms with Gasteiger partial charge in [0.1, 0.15) is 15.9 Å². The second kappa shape index (κ2) is 16.2. The first-order valence-corrected chi connectivity index (χ1v) is 18.5. The van der Waals surface area contributed by atoms with Crippen molar-refractivity contribution in [1.82, 2.24) is 19.6 Å². The van der Waals surface area contributed by atoms with Crippen molar-refractivity contribution in [1.29, 1.82) is 0 Å². The summed E-state index contributed by atoms with van der Waals surface area (Å²) in [6.07, 6.45) is 3.62. The van der Waals surface area contributed by atoms with Gasteiger partial charge in [0, 0.05) is 42.6 Å². The number of fused-ring (bicyclic) bond motifs is 1. The molecule has 5 rings (SSSR count). The lowest BCUT2D eigenvalue weighted by Gasteiger charge is -2.39. The number of aryl methyl sites for hydroxylation is 1. The number of nitrogens with zero attached hydrogens (tertiary/aromatic N) is 4. The molecule has 3 N–H and O–H groups in total. The number of hydrogen-bond acceptors (Lipinski definition) is 6. The number of unbranched alkanes of at least 4 members (excludes halogenated alkanes) is 2. The standard InChI is InChI=1S/C37H49N5O3Si/c1-4-6-19-40(20-7-5-2)37(45)34-21-27(3)42(38-34)35-18-17-31(39-46-26-28-13-9-8-10-14-28)23-33(35)36(44)41-24-30-16-12-11-15-29(30)22-32(41)25-43/h8-18,21,23,32,36,39,43-44H,4-7,19-20,22,24-26,46H2,1-3H3. The van der Waals surface area contributed by atoms with E-state index in [1.807, 2.05) is 59.2 Å². The molecule has 46 heavy (non-hydrogen) atoms. The lowest BCUT2D eigenvalue weighted by Crippen LogP contribution is -2.45. The fraction of sp³-hybridized carbons (Fsp3) is 0.405. The van der Waals surface area contributed by atoms with Gasteiger partial charge in [0.05, 0.1) is 12.3 Å². The molecular formula is C37H49N5O3Si. The van der Waals surface area contributed by atoms with Gasteiger partial charge in [-0.25, -0.2) is 4.68 Å². The minimum Gasteiger partial charge on any atom is -0.415 e. The van der Waals surface area contributed by atoms with Crippen molar-refractivity contribution in [3.05, 3.63) is 113 Å². The SMILES string of the molecule is CCCCN(CCCC)C(=O)c1cc(C)n(-c2ccc(N[SiH2]Cc3ccccc3)cc2C(O)N2Cc3ccccc3CC2CO)n1. The van der Waals surface area contributed by atoms with E-state index in [4.69, 9.17) is 5.10 Å². The van der Waals surface area contributed by atoms with Crippen molar-refractivity contribution >= 4 is 21.3 Å². The van der Waals surface area contributed by atoms with E-state index in [2.05, 4.69) is 55.2 Å². The molecule has 0 spiro atoms. The van der Waals surface area contributed by atoms with E-state index in [1.54, 1.807) is 4.68 Å². The Morgan fingerprint density at radius 2 is 1.70 bits per heavy atom. The highest BCUT2D eigenvalue weighted by Gasteiger charge is 2.33. The van der Waals surface area contributed by atoms with Crippen molar-refractivity contribution in [2.45, 2.75) is 77.7 Å². The normalized spacial score (nSPS) is 15.6. The van der Waals surface area contributed by atoms with Crippen LogP contribution in [0.3, 0.4) is 0 Å². The average Bonchev–Trinajstić information content (AvgIpc) is 3.48. The van der Waals surface area contributed by atoms with E-state index >= 15 is 0 Å². The third-order valence-electron chi connectivity index (χ3n) is 9.00. The quantitative estimate of drug-likeness (QED) is 0.152. The summed E-state index contributed by atoms with van der Waals surface area (Å²) in [4.78, 5) is 21.2. The number of nitrogens with one attached hydrogen (secondary N) is 1. The van der Waals surface area contributed by atoms with Crippen LogP contribution >= 0.6 is 0 Å². The number of amides is 1. The molecule has 0 fully saturated rings. The zero-order valence-electron chi connectivity index (χ0n) is 27.5. The van der Waals surface area contributed by atoms with Gasteiger partial charge in [-0.3, -0.25) is 9.69 Å². The predicted molar refractivity (Wildman–Crippen MR) is 188 cm³/mol. The summed E-state index contributed by atoms with van der Waals surface area (Å²) in [5, 5.41) is 27.4. The molecule has 2 unspecified atom stereocenters. The van der Waals surface area contributed by atoms with Crippen LogP contribution in [0.15, 0.2) is 78.9 Å². The smallest absolute Gasteiger partial charge is 0.274 e. The fourth-order valence-electron chi connectivity index (χ4n) is 6.30. The van der Waals surface area contributed by atoms with Crippen LogP contribution in [0.1, 0.15) is 84.2 Å². The lowest BCUT2D eigenvalue weighted by atomic mass is 9.93. The molecule has 1 amide bonds. The molecule has 1 aromatic heterocycles. The Morgan fingerprint density at radius 1 is 1.00 bits per heavy atom. The number of carbonyl (C=O) groups is 1. The van der Waals surface area contributed by atoms with Crippen LogP contribution < -0.4 is 4.98 Å². The highest BCUT2D eigenvalue weighted by molar-refractivity contribution is 6.39. The van der Waals surface area contributed by atoms with Crippen LogP contribution in [-0.2, 0) is 19.0 Å². The summed E-state index contributed by atoms with van der Waals surface area (Å²) in [5.74, 6) is -0.0518. The molecule has 3 aromatic carbocycles. The summed E-state index contributed by atoms with van der Waals surface area (Å²) in [5.41, 5.74) is 7.28. The van der Waals surface area contributed by atoms with E-state index in [0.29, 0.717) is 24.2 Å². The first-order valence-electron chi connectivity index (χ1n) is 16.8. The first kappa shape index (κ1) is 33.6. The molecule has 2 atom stereocenters. The Balaban J connectivity index is 1.48. The topological polar surface area (TPSA) is 93.9 Å². The Hall–Kier alpha value is -3.76. The minimum absolute atomic E-state index is 0.0518. The van der Waals surface area contributed by atoms with Crippen LogP contribution in [-0.4, -0.2) is 71.1 Å². The van der Waals surface area contributed by atoms with E-state index in [0.717, 1.165) is 67.4 Å². The molecule has 1 aliphatic heterocycles. The third-order valence-corrected chi connectivity index (χ3v) is 10.5. The maximum Gasteiger partial charge on any atom is 0.274 e. The Kier molecular flexibility index (Phi) is 11.8. The van der Waals surface area contributed by atoms with Gasteiger partial charge < -0.3 is 20.1 Å². The zero-order chi connectivity index (χ0) is 32.5. The van der Waals surface area contributed by atoms with Gasteiger partial charge in [-0.15, -0.1) is 0 Å². The summed E-state index contributed by atoms with van der Waals surface area (Å²) in [7, 11) is -0.674. The molecule has 0 aliphatic carbocycles. The van der Waals surface area contributed by atoms with Crippen LogP contribution in [0.4, 0.5) is 5.69 Å². The molecule has 0 saturated carbocycles. The highest BCUT2D eigenvalue weighted by atomic mass is 28.2. The number of hydrogen-bond donors (Lipinski definition) is 3. The number of aliphatic hydroxyl groups is 2. The number of rotatable bonds is 15. The van der Waals surface area contributed by atoms with Crippen molar-refractivity contribution < 1.29 is 15.0 Å². The van der Waals surface area contributed by atoms with Crippen molar-refractivity contribution in [3.8, 4) is 5.69 Å². The van der Waals surface area contributed by atoms with Gasteiger partial charge in [-0.05, 0) is 73.2 Å². The summed E-state index contributed by atoms with van der Waals surface area (Å²) in [6, 6.07) is 27.4. The van der Waals surface area contributed by atoms with E-state index in [1.165, 1.54) is 11.1 Å². The van der Waals surface area contributed by atoms with Crippen molar-refractivity contribution in [2.24, 2.45) is 0 Å². The molecule has 0 bridgehead atoms. The van der Waals surface area contributed by atoms with Gasteiger partial charge in [0.25, 0.3) is 5.91 Å². The molecular weight excluding hydrogens is 591 g/mol. The maximum absolute atomic E-state index is 13.7. The van der Waals surface area contributed by atoms with Gasteiger partial charge in [0.15, 0.2) is 5.69 Å². The monoisotopic (exact) mass is 639 g/mol.